The molecule has 0 atom stereocenters. The molecule has 0 bridgehead atoms. The molecular weight excluding hydrogens is 378 g/mol. The van der Waals surface area contributed by atoms with E-state index in [0.717, 1.165) is 54.9 Å². The fourth-order valence-corrected chi connectivity index (χ4v) is 4.62. The number of hydrogen-bond donors (Lipinski definition) is 1. The molecule has 3 aromatic rings. The minimum absolute atomic E-state index is 0.213. The van der Waals surface area contributed by atoms with E-state index in [1.807, 2.05) is 42.5 Å². The fourth-order valence-electron chi connectivity index (χ4n) is 4.62. The number of amides is 1. The van der Waals surface area contributed by atoms with Crippen molar-refractivity contribution in [2.45, 2.75) is 19.4 Å². The van der Waals surface area contributed by atoms with E-state index >= 15 is 0 Å². The smallest absolute Gasteiger partial charge is 0.407 e. The third-order valence-electron chi connectivity index (χ3n) is 6.35. The number of benzene rings is 2. The van der Waals surface area contributed by atoms with E-state index < -0.39 is 6.09 Å². The van der Waals surface area contributed by atoms with Gasteiger partial charge < -0.3 is 14.7 Å². The zero-order chi connectivity index (χ0) is 20.6. The second-order valence-corrected chi connectivity index (χ2v) is 8.52. The molecule has 2 fully saturated rings. The van der Waals surface area contributed by atoms with Crippen LogP contribution in [0.1, 0.15) is 18.4 Å². The van der Waals surface area contributed by atoms with Crippen molar-refractivity contribution < 1.29 is 14.6 Å². The normalized spacial score (nSPS) is 18.3. The van der Waals surface area contributed by atoms with Gasteiger partial charge in [-0.25, -0.2) is 4.79 Å². The first-order chi connectivity index (χ1) is 14.6. The zero-order valence-corrected chi connectivity index (χ0v) is 16.8. The minimum Gasteiger partial charge on any atom is -0.465 e. The number of fused-ring (bicyclic) bond motifs is 1. The SMILES string of the molecule is O=C(O)N1CC2(CCN(Cc3cccc(Oc4ccc5ncccc5c4)c3)CC2)C1. The summed E-state index contributed by atoms with van der Waals surface area (Å²) in [6.45, 7) is 4.30. The quantitative estimate of drug-likeness (QED) is 0.689. The van der Waals surface area contributed by atoms with Crippen LogP contribution in [-0.4, -0.2) is 52.2 Å². The lowest BCUT2D eigenvalue weighted by atomic mass is 9.72. The maximum atomic E-state index is 11.0. The van der Waals surface area contributed by atoms with Gasteiger partial charge in [0.05, 0.1) is 5.52 Å². The van der Waals surface area contributed by atoms with Gasteiger partial charge >= 0.3 is 6.09 Å². The molecule has 0 radical (unpaired) electrons. The molecule has 30 heavy (non-hydrogen) atoms. The Hall–Kier alpha value is -3.12. The Morgan fingerprint density at radius 2 is 1.83 bits per heavy atom. The molecule has 5 rings (SSSR count). The molecule has 0 aliphatic carbocycles. The third kappa shape index (κ3) is 3.83. The number of ether oxygens (including phenoxy) is 1. The molecule has 1 amide bonds. The van der Waals surface area contributed by atoms with E-state index in [1.165, 1.54) is 10.5 Å². The molecule has 2 aromatic carbocycles. The van der Waals surface area contributed by atoms with Crippen LogP contribution in [0, 0.1) is 5.41 Å². The summed E-state index contributed by atoms with van der Waals surface area (Å²) >= 11 is 0. The topological polar surface area (TPSA) is 65.9 Å². The van der Waals surface area contributed by atoms with E-state index in [2.05, 4.69) is 22.0 Å². The van der Waals surface area contributed by atoms with Gasteiger partial charge in [-0.3, -0.25) is 9.88 Å². The predicted molar refractivity (Wildman–Crippen MR) is 115 cm³/mol. The van der Waals surface area contributed by atoms with Crippen LogP contribution in [0.3, 0.4) is 0 Å². The first-order valence-corrected chi connectivity index (χ1v) is 10.4. The van der Waals surface area contributed by atoms with Gasteiger partial charge in [0.2, 0.25) is 0 Å². The van der Waals surface area contributed by atoms with E-state index in [4.69, 9.17) is 9.84 Å². The largest absolute Gasteiger partial charge is 0.465 e. The molecule has 6 heteroatoms. The number of hydrogen-bond acceptors (Lipinski definition) is 4. The van der Waals surface area contributed by atoms with E-state index in [1.54, 1.807) is 6.20 Å². The second-order valence-electron chi connectivity index (χ2n) is 8.52. The number of aromatic nitrogens is 1. The van der Waals surface area contributed by atoms with Crippen LogP contribution in [0.2, 0.25) is 0 Å². The molecular formula is C24H25N3O3. The van der Waals surface area contributed by atoms with E-state index in [0.29, 0.717) is 13.1 Å². The maximum absolute atomic E-state index is 11.0. The summed E-state index contributed by atoms with van der Waals surface area (Å²) in [5.74, 6) is 1.64. The number of rotatable bonds is 4. The molecule has 154 valence electrons. The van der Waals surface area contributed by atoms with Gasteiger partial charge in [0.1, 0.15) is 11.5 Å². The van der Waals surface area contributed by atoms with E-state index in [-0.39, 0.29) is 5.41 Å². The summed E-state index contributed by atoms with van der Waals surface area (Å²) in [5, 5.41) is 10.1. The molecule has 1 spiro atoms. The number of pyridine rings is 1. The Labute approximate surface area is 175 Å². The lowest BCUT2D eigenvalue weighted by Crippen LogP contribution is -2.61. The Balaban J connectivity index is 1.20. The lowest BCUT2D eigenvalue weighted by Gasteiger charge is -2.52. The van der Waals surface area contributed by atoms with Gasteiger partial charge in [0.15, 0.2) is 0 Å². The summed E-state index contributed by atoms with van der Waals surface area (Å²) in [5.41, 5.74) is 2.40. The van der Waals surface area contributed by atoms with Gasteiger partial charge in [-0.05, 0) is 67.9 Å². The summed E-state index contributed by atoms with van der Waals surface area (Å²) in [6.07, 6.45) is 3.14. The maximum Gasteiger partial charge on any atom is 0.407 e. The van der Waals surface area contributed by atoms with Gasteiger partial charge in [-0.15, -0.1) is 0 Å². The molecule has 2 saturated heterocycles. The van der Waals surface area contributed by atoms with Crippen LogP contribution in [0.25, 0.3) is 10.9 Å². The molecule has 0 unspecified atom stereocenters. The number of carboxylic acid groups (broad SMARTS) is 1. The summed E-state index contributed by atoms with van der Waals surface area (Å²) in [6, 6.07) is 18.2. The number of likely N-dealkylation sites (tertiary alicyclic amines) is 2. The Morgan fingerprint density at radius 1 is 1.03 bits per heavy atom. The summed E-state index contributed by atoms with van der Waals surface area (Å²) in [4.78, 5) is 19.4. The van der Waals surface area contributed by atoms with Crippen LogP contribution >= 0.6 is 0 Å². The van der Waals surface area contributed by atoms with Gasteiger partial charge in [0.25, 0.3) is 0 Å². The molecule has 1 aromatic heterocycles. The first-order valence-electron chi connectivity index (χ1n) is 10.4. The van der Waals surface area contributed by atoms with Crippen molar-refractivity contribution in [3.8, 4) is 11.5 Å². The summed E-state index contributed by atoms with van der Waals surface area (Å²) < 4.78 is 6.10. The lowest BCUT2D eigenvalue weighted by molar-refractivity contribution is -0.0352. The number of piperidine rings is 1. The molecule has 0 saturated carbocycles. The molecule has 2 aliphatic heterocycles. The second kappa shape index (κ2) is 7.61. The van der Waals surface area contributed by atoms with Crippen LogP contribution in [-0.2, 0) is 6.54 Å². The van der Waals surface area contributed by atoms with Crippen molar-refractivity contribution in [3.63, 3.8) is 0 Å². The number of carbonyl (C=O) groups is 1. The van der Waals surface area contributed by atoms with Gasteiger partial charge in [0, 0.05) is 36.6 Å². The highest BCUT2D eigenvalue weighted by Gasteiger charge is 2.46. The molecule has 6 nitrogen and oxygen atoms in total. The summed E-state index contributed by atoms with van der Waals surface area (Å²) in [7, 11) is 0. The predicted octanol–water partition coefficient (Wildman–Crippen LogP) is 4.60. The van der Waals surface area contributed by atoms with Crippen molar-refractivity contribution in [1.82, 2.24) is 14.8 Å². The van der Waals surface area contributed by atoms with Crippen LogP contribution in [0.4, 0.5) is 4.79 Å². The van der Waals surface area contributed by atoms with Gasteiger partial charge in [-0.1, -0.05) is 18.2 Å². The van der Waals surface area contributed by atoms with Crippen LogP contribution in [0.15, 0.2) is 60.8 Å². The minimum atomic E-state index is -0.789. The standard InChI is InChI=1S/C24H25N3O3/c28-23(29)27-16-24(17-27)8-11-26(12-9-24)15-18-3-1-5-20(13-18)30-21-6-7-22-19(14-21)4-2-10-25-22/h1-7,10,13-14H,8-9,11-12,15-17H2,(H,28,29). The highest BCUT2D eigenvalue weighted by atomic mass is 16.5. The van der Waals surface area contributed by atoms with Crippen molar-refractivity contribution in [2.75, 3.05) is 26.2 Å². The monoisotopic (exact) mass is 403 g/mol. The highest BCUT2D eigenvalue weighted by molar-refractivity contribution is 5.79. The van der Waals surface area contributed by atoms with Crippen LogP contribution < -0.4 is 4.74 Å². The molecule has 3 heterocycles. The Bertz CT molecular complexity index is 1070. The molecule has 2 aliphatic rings. The Morgan fingerprint density at radius 3 is 2.63 bits per heavy atom. The van der Waals surface area contributed by atoms with Crippen LogP contribution in [0.5, 0.6) is 11.5 Å². The molecule has 1 N–H and O–H groups in total. The van der Waals surface area contributed by atoms with Crippen molar-refractivity contribution in [2.24, 2.45) is 5.41 Å². The zero-order valence-electron chi connectivity index (χ0n) is 16.8. The van der Waals surface area contributed by atoms with Crippen molar-refractivity contribution >= 4 is 17.0 Å². The average Bonchev–Trinajstić information content (AvgIpc) is 2.73. The third-order valence-corrected chi connectivity index (χ3v) is 6.35. The van der Waals surface area contributed by atoms with Crippen molar-refractivity contribution in [1.29, 1.82) is 0 Å². The first kappa shape index (κ1) is 18.9. The fraction of sp³-hybridized carbons (Fsp3) is 0.333. The van der Waals surface area contributed by atoms with Crippen molar-refractivity contribution in [3.05, 3.63) is 66.4 Å². The average molecular weight is 403 g/mol. The number of nitrogens with zero attached hydrogens (tertiary/aromatic N) is 3. The highest BCUT2D eigenvalue weighted by Crippen LogP contribution is 2.40. The van der Waals surface area contributed by atoms with Gasteiger partial charge in [-0.2, -0.15) is 0 Å². The van der Waals surface area contributed by atoms with E-state index in [9.17, 15) is 4.79 Å². The Kier molecular flexibility index (Phi) is 4.79.